The summed E-state index contributed by atoms with van der Waals surface area (Å²) in [7, 11) is 0. The molecule has 6 nitrogen and oxygen atoms in total. The monoisotopic (exact) mass is 364 g/mol. The van der Waals surface area contributed by atoms with Crippen molar-refractivity contribution in [1.29, 1.82) is 0 Å². The SMILES string of the molecule is CCCc1nc2c(c(=O)[nH]1)CN(Cc1cc(-c3ccc(C)cc3)on1)CC2. The minimum atomic E-state index is -0.00588. The van der Waals surface area contributed by atoms with E-state index in [0.29, 0.717) is 13.1 Å². The third-order valence-electron chi connectivity index (χ3n) is 4.96. The number of nitrogens with zero attached hydrogens (tertiary/aromatic N) is 3. The molecule has 2 aromatic heterocycles. The maximum absolute atomic E-state index is 12.4. The lowest BCUT2D eigenvalue weighted by atomic mass is 10.1. The van der Waals surface area contributed by atoms with Crippen LogP contribution in [-0.4, -0.2) is 26.6 Å². The normalized spacial score (nSPS) is 14.3. The molecule has 6 heteroatoms. The second-order valence-corrected chi connectivity index (χ2v) is 7.20. The number of aromatic nitrogens is 3. The van der Waals surface area contributed by atoms with Gasteiger partial charge in [0.25, 0.3) is 5.56 Å². The van der Waals surface area contributed by atoms with E-state index in [1.807, 2.05) is 18.2 Å². The molecule has 3 heterocycles. The van der Waals surface area contributed by atoms with E-state index < -0.39 is 0 Å². The summed E-state index contributed by atoms with van der Waals surface area (Å²) in [4.78, 5) is 22.2. The lowest BCUT2D eigenvalue weighted by Crippen LogP contribution is -2.35. The molecule has 0 saturated heterocycles. The first kappa shape index (κ1) is 17.7. The van der Waals surface area contributed by atoms with Crippen LogP contribution in [0.5, 0.6) is 0 Å². The van der Waals surface area contributed by atoms with E-state index in [1.165, 1.54) is 5.56 Å². The molecular formula is C21H24N4O2. The fourth-order valence-electron chi connectivity index (χ4n) is 3.49. The smallest absolute Gasteiger partial charge is 0.255 e. The molecule has 3 aromatic rings. The number of H-pyrrole nitrogens is 1. The average Bonchev–Trinajstić information content (AvgIpc) is 3.12. The van der Waals surface area contributed by atoms with Crippen molar-refractivity contribution in [3.05, 3.63) is 69.0 Å². The Bertz CT molecular complexity index is 988. The number of aryl methyl sites for hydroxylation is 2. The second kappa shape index (κ2) is 7.48. The summed E-state index contributed by atoms with van der Waals surface area (Å²) in [6.07, 6.45) is 2.58. The van der Waals surface area contributed by atoms with E-state index in [0.717, 1.165) is 59.9 Å². The minimum Gasteiger partial charge on any atom is -0.356 e. The Morgan fingerprint density at radius 1 is 1.26 bits per heavy atom. The van der Waals surface area contributed by atoms with Crippen molar-refractivity contribution in [3.8, 4) is 11.3 Å². The maximum atomic E-state index is 12.4. The van der Waals surface area contributed by atoms with E-state index in [2.05, 4.69) is 46.0 Å². The summed E-state index contributed by atoms with van der Waals surface area (Å²) in [5.74, 6) is 1.57. The lowest BCUT2D eigenvalue weighted by Gasteiger charge is -2.26. The van der Waals surface area contributed by atoms with Crippen LogP contribution in [0.4, 0.5) is 0 Å². The number of rotatable bonds is 5. The summed E-state index contributed by atoms with van der Waals surface area (Å²) in [6.45, 7) is 6.26. The van der Waals surface area contributed by atoms with Crippen LogP contribution < -0.4 is 5.56 Å². The van der Waals surface area contributed by atoms with Crippen LogP contribution >= 0.6 is 0 Å². The van der Waals surface area contributed by atoms with Crippen molar-refractivity contribution in [3.63, 3.8) is 0 Å². The van der Waals surface area contributed by atoms with Gasteiger partial charge in [-0.25, -0.2) is 4.98 Å². The van der Waals surface area contributed by atoms with Crippen molar-refractivity contribution in [2.75, 3.05) is 6.54 Å². The number of hydrogen-bond acceptors (Lipinski definition) is 5. The van der Waals surface area contributed by atoms with Gasteiger partial charge < -0.3 is 9.51 Å². The fraction of sp³-hybridized carbons (Fsp3) is 0.381. The first-order valence-electron chi connectivity index (χ1n) is 9.48. The molecule has 0 spiro atoms. The largest absolute Gasteiger partial charge is 0.356 e. The second-order valence-electron chi connectivity index (χ2n) is 7.20. The van der Waals surface area contributed by atoms with Gasteiger partial charge in [0.15, 0.2) is 5.76 Å². The molecule has 0 fully saturated rings. The average molecular weight is 364 g/mol. The third kappa shape index (κ3) is 3.85. The predicted molar refractivity (Wildman–Crippen MR) is 103 cm³/mol. The van der Waals surface area contributed by atoms with Gasteiger partial charge in [0.05, 0.1) is 17.0 Å². The van der Waals surface area contributed by atoms with Crippen LogP contribution in [0.2, 0.25) is 0 Å². The van der Waals surface area contributed by atoms with Crippen molar-refractivity contribution in [1.82, 2.24) is 20.0 Å². The van der Waals surface area contributed by atoms with Gasteiger partial charge in [-0.05, 0) is 13.3 Å². The van der Waals surface area contributed by atoms with Crippen molar-refractivity contribution < 1.29 is 4.52 Å². The first-order chi connectivity index (χ1) is 13.1. The van der Waals surface area contributed by atoms with E-state index in [9.17, 15) is 4.79 Å². The molecule has 0 atom stereocenters. The summed E-state index contributed by atoms with van der Waals surface area (Å²) >= 11 is 0. The summed E-state index contributed by atoms with van der Waals surface area (Å²) in [5, 5.41) is 4.21. The van der Waals surface area contributed by atoms with E-state index in [4.69, 9.17) is 4.52 Å². The Balaban J connectivity index is 1.47. The zero-order chi connectivity index (χ0) is 18.8. The fourth-order valence-corrected chi connectivity index (χ4v) is 3.49. The highest BCUT2D eigenvalue weighted by molar-refractivity contribution is 5.57. The van der Waals surface area contributed by atoms with E-state index >= 15 is 0 Å². The zero-order valence-corrected chi connectivity index (χ0v) is 15.8. The quantitative estimate of drug-likeness (QED) is 0.752. The summed E-state index contributed by atoms with van der Waals surface area (Å²) < 4.78 is 5.51. The molecule has 0 aliphatic carbocycles. The van der Waals surface area contributed by atoms with Crippen molar-refractivity contribution in [2.24, 2.45) is 0 Å². The van der Waals surface area contributed by atoms with Gasteiger partial charge >= 0.3 is 0 Å². The molecular weight excluding hydrogens is 340 g/mol. The van der Waals surface area contributed by atoms with Crippen molar-refractivity contribution in [2.45, 2.75) is 46.2 Å². The Hall–Kier alpha value is -2.73. The number of hydrogen-bond donors (Lipinski definition) is 1. The van der Waals surface area contributed by atoms with Crippen LogP contribution in [0, 0.1) is 6.92 Å². The highest BCUT2D eigenvalue weighted by atomic mass is 16.5. The van der Waals surface area contributed by atoms with Crippen LogP contribution in [0.15, 0.2) is 39.6 Å². The number of benzene rings is 1. The van der Waals surface area contributed by atoms with Crippen LogP contribution in [0.1, 0.15) is 41.7 Å². The van der Waals surface area contributed by atoms with Gasteiger partial charge in [0, 0.05) is 44.1 Å². The van der Waals surface area contributed by atoms with Crippen LogP contribution in [-0.2, 0) is 25.9 Å². The highest BCUT2D eigenvalue weighted by Crippen LogP contribution is 2.22. The zero-order valence-electron chi connectivity index (χ0n) is 15.8. The Morgan fingerprint density at radius 2 is 2.07 bits per heavy atom. The lowest BCUT2D eigenvalue weighted by molar-refractivity contribution is 0.234. The topological polar surface area (TPSA) is 75.0 Å². The van der Waals surface area contributed by atoms with Crippen molar-refractivity contribution >= 4 is 0 Å². The van der Waals surface area contributed by atoms with Gasteiger partial charge in [-0.2, -0.15) is 0 Å². The van der Waals surface area contributed by atoms with E-state index in [-0.39, 0.29) is 5.56 Å². The molecule has 0 amide bonds. The minimum absolute atomic E-state index is 0.00588. The number of fused-ring (bicyclic) bond motifs is 1. The van der Waals surface area contributed by atoms with Crippen LogP contribution in [0.25, 0.3) is 11.3 Å². The van der Waals surface area contributed by atoms with Gasteiger partial charge in [-0.1, -0.05) is 41.9 Å². The van der Waals surface area contributed by atoms with E-state index in [1.54, 1.807) is 0 Å². The number of nitrogens with one attached hydrogen (secondary N) is 1. The number of aromatic amines is 1. The molecule has 27 heavy (non-hydrogen) atoms. The van der Waals surface area contributed by atoms with Crippen LogP contribution in [0.3, 0.4) is 0 Å². The Labute approximate surface area is 158 Å². The standard InChI is InChI=1S/C21H24N4O2/c1-3-4-20-22-18-9-10-25(13-17(18)21(26)23-20)12-16-11-19(27-24-16)15-7-5-14(2)6-8-15/h5-8,11H,3-4,9-10,12-13H2,1-2H3,(H,22,23,26). The third-order valence-corrected chi connectivity index (χ3v) is 4.96. The molecule has 4 rings (SSSR count). The Kier molecular flexibility index (Phi) is 4.90. The molecule has 140 valence electrons. The maximum Gasteiger partial charge on any atom is 0.255 e. The molecule has 0 saturated carbocycles. The Morgan fingerprint density at radius 3 is 2.85 bits per heavy atom. The summed E-state index contributed by atoms with van der Waals surface area (Å²) in [6, 6.07) is 10.2. The molecule has 1 aromatic carbocycles. The summed E-state index contributed by atoms with van der Waals surface area (Å²) in [5.41, 5.74) is 4.83. The van der Waals surface area contributed by atoms with Gasteiger partial charge in [0.1, 0.15) is 5.82 Å². The molecule has 1 aliphatic rings. The molecule has 1 aliphatic heterocycles. The first-order valence-corrected chi connectivity index (χ1v) is 9.48. The predicted octanol–water partition coefficient (Wildman–Crippen LogP) is 3.24. The van der Waals surface area contributed by atoms with Gasteiger partial charge in [0.2, 0.25) is 0 Å². The van der Waals surface area contributed by atoms with Gasteiger partial charge in [-0.3, -0.25) is 9.69 Å². The van der Waals surface area contributed by atoms with Gasteiger partial charge in [-0.15, -0.1) is 0 Å². The molecule has 1 N–H and O–H groups in total. The molecule has 0 radical (unpaired) electrons. The highest BCUT2D eigenvalue weighted by Gasteiger charge is 2.22. The molecule has 0 unspecified atom stereocenters. The molecule has 0 bridgehead atoms.